The first-order valence-corrected chi connectivity index (χ1v) is 11.1. The minimum Gasteiger partial charge on any atom is -0.497 e. The van der Waals surface area contributed by atoms with Crippen LogP contribution in [0, 0.1) is 11.3 Å². The first-order valence-electron chi connectivity index (χ1n) is 11.1. The Morgan fingerprint density at radius 1 is 1.13 bits per heavy atom. The van der Waals surface area contributed by atoms with Crippen molar-refractivity contribution in [1.29, 1.82) is 0 Å². The zero-order valence-electron chi connectivity index (χ0n) is 19.5. The summed E-state index contributed by atoms with van der Waals surface area (Å²) in [5.74, 6) is 0.354. The lowest BCUT2D eigenvalue weighted by atomic mass is 9.87. The Bertz CT molecular complexity index is 747. The van der Waals surface area contributed by atoms with Gasteiger partial charge in [-0.1, -0.05) is 27.7 Å². The molecule has 2 rings (SSSR count). The summed E-state index contributed by atoms with van der Waals surface area (Å²) in [5, 5.41) is 5.85. The van der Waals surface area contributed by atoms with Crippen LogP contribution in [0.15, 0.2) is 24.3 Å². The Morgan fingerprint density at radius 3 is 2.26 bits per heavy atom. The predicted molar refractivity (Wildman–Crippen MR) is 121 cm³/mol. The molecule has 1 unspecified atom stereocenters. The fourth-order valence-corrected chi connectivity index (χ4v) is 3.77. The first-order chi connectivity index (χ1) is 14.6. The minimum absolute atomic E-state index is 0.0160. The molecule has 0 saturated carbocycles. The number of amides is 3. The summed E-state index contributed by atoms with van der Waals surface area (Å²) in [6, 6.07) is 6.19. The van der Waals surface area contributed by atoms with Gasteiger partial charge in [-0.05, 0) is 54.9 Å². The van der Waals surface area contributed by atoms with E-state index >= 15 is 0 Å². The van der Waals surface area contributed by atoms with Crippen LogP contribution < -0.4 is 15.4 Å². The standard InChI is InChI=1S/C24H37N3O4/c1-6-13-25-23(30)21(26-22(29)18-7-9-19(31-5)10-8-18)17-11-14-27(15-12-17)20(28)16-24(2,3)4/h7-10,17,21H,6,11-16H2,1-5H3,(H,25,30)(H,26,29). The van der Waals surface area contributed by atoms with Crippen molar-refractivity contribution < 1.29 is 19.1 Å². The summed E-state index contributed by atoms with van der Waals surface area (Å²) >= 11 is 0. The van der Waals surface area contributed by atoms with Crippen LogP contribution in [0.4, 0.5) is 0 Å². The number of piperidine rings is 1. The van der Waals surface area contributed by atoms with Crippen LogP contribution in [0.25, 0.3) is 0 Å². The van der Waals surface area contributed by atoms with E-state index in [1.807, 2.05) is 11.8 Å². The van der Waals surface area contributed by atoms with Gasteiger partial charge in [-0.3, -0.25) is 14.4 Å². The quantitative estimate of drug-likeness (QED) is 0.662. The average molecular weight is 432 g/mol. The monoisotopic (exact) mass is 431 g/mol. The Morgan fingerprint density at radius 2 is 1.74 bits per heavy atom. The Labute approximate surface area is 185 Å². The van der Waals surface area contributed by atoms with E-state index in [2.05, 4.69) is 31.4 Å². The molecule has 1 aromatic carbocycles. The van der Waals surface area contributed by atoms with E-state index in [1.165, 1.54) is 0 Å². The second-order valence-corrected chi connectivity index (χ2v) is 9.43. The highest BCUT2D eigenvalue weighted by Crippen LogP contribution is 2.25. The summed E-state index contributed by atoms with van der Waals surface area (Å²) in [5.41, 5.74) is 0.426. The molecule has 1 aliphatic rings. The van der Waals surface area contributed by atoms with Gasteiger partial charge < -0.3 is 20.3 Å². The summed E-state index contributed by atoms with van der Waals surface area (Å²) in [6.45, 7) is 9.94. The number of carbonyl (C=O) groups is 3. The number of likely N-dealkylation sites (tertiary alicyclic amines) is 1. The molecule has 0 aromatic heterocycles. The van der Waals surface area contributed by atoms with Gasteiger partial charge in [0.1, 0.15) is 11.8 Å². The third-order valence-corrected chi connectivity index (χ3v) is 5.52. The summed E-state index contributed by atoms with van der Waals surface area (Å²) < 4.78 is 5.14. The number of rotatable bonds is 8. The van der Waals surface area contributed by atoms with Crippen LogP contribution in [-0.2, 0) is 9.59 Å². The topological polar surface area (TPSA) is 87.7 Å². The molecule has 1 atom stereocenters. The van der Waals surface area contributed by atoms with Gasteiger partial charge in [-0.2, -0.15) is 0 Å². The third-order valence-electron chi connectivity index (χ3n) is 5.52. The highest BCUT2D eigenvalue weighted by molar-refractivity contribution is 5.97. The Balaban J connectivity index is 2.05. The van der Waals surface area contributed by atoms with E-state index in [0.717, 1.165) is 6.42 Å². The van der Waals surface area contributed by atoms with E-state index in [1.54, 1.807) is 31.4 Å². The molecule has 1 fully saturated rings. The molecule has 7 heteroatoms. The average Bonchev–Trinajstić information content (AvgIpc) is 2.74. The van der Waals surface area contributed by atoms with Crippen LogP contribution in [-0.4, -0.2) is 55.4 Å². The fourth-order valence-electron chi connectivity index (χ4n) is 3.77. The second-order valence-electron chi connectivity index (χ2n) is 9.43. The first kappa shape index (κ1) is 24.7. The normalized spacial score (nSPS) is 15.8. The molecule has 0 radical (unpaired) electrons. The van der Waals surface area contributed by atoms with Crippen molar-refractivity contribution in [3.05, 3.63) is 29.8 Å². The molecule has 7 nitrogen and oxygen atoms in total. The van der Waals surface area contributed by atoms with Gasteiger partial charge in [0.25, 0.3) is 5.91 Å². The molecule has 1 aliphatic heterocycles. The second kappa shape index (κ2) is 11.2. The molecule has 0 spiro atoms. The molecule has 1 heterocycles. The van der Waals surface area contributed by atoms with Gasteiger partial charge in [-0.25, -0.2) is 0 Å². The largest absolute Gasteiger partial charge is 0.497 e. The summed E-state index contributed by atoms with van der Waals surface area (Å²) in [6.07, 6.45) is 2.70. The molecule has 1 aromatic rings. The van der Waals surface area contributed by atoms with Crippen molar-refractivity contribution >= 4 is 17.7 Å². The van der Waals surface area contributed by atoms with Crippen molar-refractivity contribution in [1.82, 2.24) is 15.5 Å². The van der Waals surface area contributed by atoms with Gasteiger partial charge in [0.2, 0.25) is 11.8 Å². The number of methoxy groups -OCH3 is 1. The number of hydrogen-bond acceptors (Lipinski definition) is 4. The SMILES string of the molecule is CCCNC(=O)C(NC(=O)c1ccc(OC)cc1)C1CCN(C(=O)CC(C)(C)C)CC1. The lowest BCUT2D eigenvalue weighted by Gasteiger charge is -2.36. The lowest BCUT2D eigenvalue weighted by Crippen LogP contribution is -2.54. The van der Waals surface area contributed by atoms with Crippen molar-refractivity contribution in [2.75, 3.05) is 26.7 Å². The van der Waals surface area contributed by atoms with E-state index in [0.29, 0.717) is 50.2 Å². The fraction of sp³-hybridized carbons (Fsp3) is 0.625. The molecule has 172 valence electrons. The van der Waals surface area contributed by atoms with E-state index in [-0.39, 0.29) is 29.1 Å². The minimum atomic E-state index is -0.624. The predicted octanol–water partition coefficient (Wildman–Crippen LogP) is 2.99. The molecule has 2 N–H and O–H groups in total. The van der Waals surface area contributed by atoms with Gasteiger partial charge in [0, 0.05) is 31.6 Å². The van der Waals surface area contributed by atoms with E-state index in [9.17, 15) is 14.4 Å². The number of nitrogens with zero attached hydrogens (tertiary/aromatic N) is 1. The summed E-state index contributed by atoms with van der Waals surface area (Å²) in [4.78, 5) is 40.1. The van der Waals surface area contributed by atoms with Gasteiger partial charge in [0.15, 0.2) is 0 Å². The van der Waals surface area contributed by atoms with Gasteiger partial charge in [0.05, 0.1) is 7.11 Å². The van der Waals surface area contributed by atoms with E-state index in [4.69, 9.17) is 4.74 Å². The molecule has 1 saturated heterocycles. The van der Waals surface area contributed by atoms with Crippen molar-refractivity contribution in [2.45, 2.75) is 59.4 Å². The zero-order chi connectivity index (χ0) is 23.0. The van der Waals surface area contributed by atoms with Crippen LogP contribution in [0.1, 0.15) is 63.7 Å². The third kappa shape index (κ3) is 7.56. The Kier molecular flexibility index (Phi) is 8.89. The molecule has 31 heavy (non-hydrogen) atoms. The number of nitrogens with one attached hydrogen (secondary N) is 2. The summed E-state index contributed by atoms with van der Waals surface area (Å²) in [7, 11) is 1.57. The van der Waals surface area contributed by atoms with Crippen LogP contribution >= 0.6 is 0 Å². The number of carbonyl (C=O) groups excluding carboxylic acids is 3. The van der Waals surface area contributed by atoms with Crippen LogP contribution in [0.2, 0.25) is 0 Å². The molecule has 3 amide bonds. The smallest absolute Gasteiger partial charge is 0.251 e. The van der Waals surface area contributed by atoms with Crippen LogP contribution in [0.5, 0.6) is 5.75 Å². The maximum absolute atomic E-state index is 12.8. The number of hydrogen-bond donors (Lipinski definition) is 2. The maximum Gasteiger partial charge on any atom is 0.251 e. The number of ether oxygens (including phenoxy) is 1. The van der Waals surface area contributed by atoms with Crippen molar-refractivity contribution in [3.8, 4) is 5.75 Å². The van der Waals surface area contributed by atoms with E-state index < -0.39 is 6.04 Å². The Hall–Kier alpha value is -2.57. The highest BCUT2D eigenvalue weighted by atomic mass is 16.5. The molecular weight excluding hydrogens is 394 g/mol. The zero-order valence-corrected chi connectivity index (χ0v) is 19.5. The van der Waals surface area contributed by atoms with Gasteiger partial charge >= 0.3 is 0 Å². The lowest BCUT2D eigenvalue weighted by molar-refractivity contribution is -0.134. The van der Waals surface area contributed by atoms with Crippen molar-refractivity contribution in [3.63, 3.8) is 0 Å². The number of benzene rings is 1. The molecular formula is C24H37N3O4. The van der Waals surface area contributed by atoms with Crippen LogP contribution in [0.3, 0.4) is 0 Å². The highest BCUT2D eigenvalue weighted by Gasteiger charge is 2.34. The molecule has 0 aliphatic carbocycles. The van der Waals surface area contributed by atoms with Crippen molar-refractivity contribution in [2.24, 2.45) is 11.3 Å². The van der Waals surface area contributed by atoms with Gasteiger partial charge in [-0.15, -0.1) is 0 Å². The molecule has 0 bridgehead atoms. The maximum atomic E-state index is 12.8.